The summed E-state index contributed by atoms with van der Waals surface area (Å²) < 4.78 is 0. The largest absolute Gasteiger partial charge is 0.480 e. The van der Waals surface area contributed by atoms with E-state index in [0.29, 0.717) is 6.42 Å². The van der Waals surface area contributed by atoms with Gasteiger partial charge < -0.3 is 15.3 Å². The lowest BCUT2D eigenvalue weighted by atomic mass is 9.84. The van der Waals surface area contributed by atoms with Crippen molar-refractivity contribution in [3.8, 4) is 0 Å². The van der Waals surface area contributed by atoms with Crippen LogP contribution in [0.1, 0.15) is 38.5 Å². The number of hydrogen-bond acceptors (Lipinski definition) is 4. The van der Waals surface area contributed by atoms with Crippen LogP contribution in [0.2, 0.25) is 0 Å². The van der Waals surface area contributed by atoms with Gasteiger partial charge >= 0.3 is 5.97 Å². The first kappa shape index (κ1) is 17.4. The van der Waals surface area contributed by atoms with E-state index in [1.54, 1.807) is 4.90 Å². The molecular formula is C19H22N2O4S. The highest BCUT2D eigenvalue weighted by molar-refractivity contribution is 8.01. The number of nitrogens with one attached hydrogen (secondary N) is 1. The topological polar surface area (TPSA) is 86.7 Å². The van der Waals surface area contributed by atoms with Gasteiger partial charge in [-0.3, -0.25) is 9.59 Å². The Bertz CT molecular complexity index is 753. The SMILES string of the molecule is O=C1Nc2ccccc2SC1CC(=O)N1C(C(=O)O)CC2CCCCC21. The zero-order valence-electron chi connectivity index (χ0n) is 14.4. The van der Waals surface area contributed by atoms with Crippen LogP contribution in [0.5, 0.6) is 0 Å². The Morgan fingerprint density at radius 3 is 2.81 bits per heavy atom. The molecule has 1 aromatic carbocycles. The maximum atomic E-state index is 13.0. The van der Waals surface area contributed by atoms with Gasteiger partial charge in [-0.2, -0.15) is 0 Å². The van der Waals surface area contributed by atoms with Crippen molar-refractivity contribution in [3.63, 3.8) is 0 Å². The molecular weight excluding hydrogens is 352 g/mol. The second kappa shape index (κ2) is 6.95. The average Bonchev–Trinajstić information content (AvgIpc) is 3.02. The Kier molecular flexibility index (Phi) is 4.65. The molecule has 4 unspecified atom stereocenters. The lowest BCUT2D eigenvalue weighted by Gasteiger charge is -2.34. The van der Waals surface area contributed by atoms with Crippen LogP contribution in [0.3, 0.4) is 0 Å². The van der Waals surface area contributed by atoms with Gasteiger partial charge in [0.1, 0.15) is 6.04 Å². The average molecular weight is 374 g/mol. The lowest BCUT2D eigenvalue weighted by molar-refractivity contribution is -0.150. The van der Waals surface area contributed by atoms with Crippen LogP contribution in [0.15, 0.2) is 29.2 Å². The zero-order chi connectivity index (χ0) is 18.3. The molecule has 3 aliphatic rings. The number of rotatable bonds is 3. The van der Waals surface area contributed by atoms with Crippen LogP contribution in [0, 0.1) is 5.92 Å². The Labute approximate surface area is 156 Å². The summed E-state index contributed by atoms with van der Waals surface area (Å²) in [5.41, 5.74) is 0.767. The number of carboxylic acid groups (broad SMARTS) is 1. The van der Waals surface area contributed by atoms with E-state index < -0.39 is 17.3 Å². The summed E-state index contributed by atoms with van der Waals surface area (Å²) in [6.07, 6.45) is 4.57. The lowest BCUT2D eigenvalue weighted by Crippen LogP contribution is -2.47. The smallest absolute Gasteiger partial charge is 0.326 e. The summed E-state index contributed by atoms with van der Waals surface area (Å²) in [5.74, 6) is -1.05. The first-order valence-corrected chi connectivity index (χ1v) is 10.0. The van der Waals surface area contributed by atoms with Gasteiger partial charge in [0, 0.05) is 17.4 Å². The number of amides is 2. The van der Waals surface area contributed by atoms with E-state index in [1.807, 2.05) is 24.3 Å². The van der Waals surface area contributed by atoms with Crippen molar-refractivity contribution in [2.45, 2.75) is 60.8 Å². The highest BCUT2D eigenvalue weighted by atomic mass is 32.2. The van der Waals surface area contributed by atoms with E-state index in [-0.39, 0.29) is 30.2 Å². The molecule has 0 spiro atoms. The third-order valence-electron chi connectivity index (χ3n) is 5.73. The minimum Gasteiger partial charge on any atom is -0.480 e. The van der Waals surface area contributed by atoms with Gasteiger partial charge in [-0.05, 0) is 37.3 Å². The summed E-state index contributed by atoms with van der Waals surface area (Å²) >= 11 is 1.38. The van der Waals surface area contributed by atoms with Crippen molar-refractivity contribution in [3.05, 3.63) is 24.3 Å². The Hall–Kier alpha value is -2.02. The predicted molar refractivity (Wildman–Crippen MR) is 98.0 cm³/mol. The van der Waals surface area contributed by atoms with E-state index in [0.717, 1.165) is 36.3 Å². The van der Waals surface area contributed by atoms with Gasteiger partial charge in [0.15, 0.2) is 0 Å². The van der Waals surface area contributed by atoms with Crippen molar-refractivity contribution in [2.24, 2.45) is 5.92 Å². The summed E-state index contributed by atoms with van der Waals surface area (Å²) in [5, 5.41) is 11.9. The Morgan fingerprint density at radius 2 is 2.00 bits per heavy atom. The van der Waals surface area contributed by atoms with Crippen LogP contribution < -0.4 is 5.32 Å². The molecule has 7 heteroatoms. The number of carbonyl (C=O) groups is 3. The van der Waals surface area contributed by atoms with E-state index in [4.69, 9.17) is 0 Å². The fraction of sp³-hybridized carbons (Fsp3) is 0.526. The number of hydrogen-bond donors (Lipinski definition) is 2. The first-order valence-electron chi connectivity index (χ1n) is 9.15. The summed E-state index contributed by atoms with van der Waals surface area (Å²) in [6.45, 7) is 0. The van der Waals surface area contributed by atoms with Gasteiger partial charge in [0.2, 0.25) is 11.8 Å². The number of carbonyl (C=O) groups excluding carboxylic acids is 2. The molecule has 1 aliphatic carbocycles. The quantitative estimate of drug-likeness (QED) is 0.850. The van der Waals surface area contributed by atoms with E-state index >= 15 is 0 Å². The number of fused-ring (bicyclic) bond motifs is 2. The molecule has 138 valence electrons. The number of thioether (sulfide) groups is 1. The fourth-order valence-corrected chi connectivity index (χ4v) is 5.63. The third-order valence-corrected chi connectivity index (χ3v) is 7.00. The minimum atomic E-state index is -0.932. The number of nitrogens with zero attached hydrogens (tertiary/aromatic N) is 1. The predicted octanol–water partition coefficient (Wildman–Crippen LogP) is 2.73. The van der Waals surface area contributed by atoms with Crippen LogP contribution >= 0.6 is 11.8 Å². The minimum absolute atomic E-state index is 0.0151. The van der Waals surface area contributed by atoms with Crippen LogP contribution in [-0.2, 0) is 14.4 Å². The zero-order valence-corrected chi connectivity index (χ0v) is 15.2. The van der Waals surface area contributed by atoms with E-state index in [9.17, 15) is 19.5 Å². The molecule has 2 heterocycles. The highest BCUT2D eigenvalue weighted by Crippen LogP contribution is 2.42. The van der Waals surface area contributed by atoms with Crippen molar-refractivity contribution in [1.29, 1.82) is 0 Å². The van der Waals surface area contributed by atoms with Gasteiger partial charge in [-0.15, -0.1) is 11.8 Å². The van der Waals surface area contributed by atoms with Gasteiger partial charge in [0.25, 0.3) is 0 Å². The van der Waals surface area contributed by atoms with Crippen molar-refractivity contribution in [2.75, 3.05) is 5.32 Å². The molecule has 2 N–H and O–H groups in total. The number of benzene rings is 1. The molecule has 2 amide bonds. The Balaban J connectivity index is 1.51. The molecule has 26 heavy (non-hydrogen) atoms. The molecule has 4 rings (SSSR count). The number of likely N-dealkylation sites (tertiary alicyclic amines) is 1. The van der Waals surface area contributed by atoms with E-state index in [2.05, 4.69) is 5.32 Å². The molecule has 2 fully saturated rings. The molecule has 4 atom stereocenters. The normalized spacial score (nSPS) is 30.3. The second-order valence-electron chi connectivity index (χ2n) is 7.30. The second-order valence-corrected chi connectivity index (χ2v) is 8.54. The Morgan fingerprint density at radius 1 is 1.23 bits per heavy atom. The summed E-state index contributed by atoms with van der Waals surface area (Å²) in [7, 11) is 0. The number of para-hydroxylation sites is 1. The van der Waals surface area contributed by atoms with Gasteiger partial charge in [0.05, 0.1) is 10.9 Å². The van der Waals surface area contributed by atoms with E-state index in [1.165, 1.54) is 11.8 Å². The third kappa shape index (κ3) is 3.09. The van der Waals surface area contributed by atoms with Crippen molar-refractivity contribution < 1.29 is 19.5 Å². The molecule has 0 bridgehead atoms. The summed E-state index contributed by atoms with van der Waals surface area (Å²) in [4.78, 5) is 39.6. The molecule has 6 nitrogen and oxygen atoms in total. The maximum absolute atomic E-state index is 13.0. The molecule has 1 aromatic rings. The van der Waals surface area contributed by atoms with Crippen LogP contribution in [-0.4, -0.2) is 45.1 Å². The van der Waals surface area contributed by atoms with Gasteiger partial charge in [-0.1, -0.05) is 25.0 Å². The highest BCUT2D eigenvalue weighted by Gasteiger charge is 2.48. The molecule has 0 aromatic heterocycles. The number of aliphatic carboxylic acids is 1. The van der Waals surface area contributed by atoms with Crippen LogP contribution in [0.4, 0.5) is 5.69 Å². The van der Waals surface area contributed by atoms with Crippen molar-refractivity contribution in [1.82, 2.24) is 4.90 Å². The molecule has 0 radical (unpaired) electrons. The summed E-state index contributed by atoms with van der Waals surface area (Å²) in [6, 6.07) is 6.78. The number of anilines is 1. The molecule has 1 saturated heterocycles. The van der Waals surface area contributed by atoms with Crippen molar-refractivity contribution >= 4 is 35.2 Å². The maximum Gasteiger partial charge on any atom is 0.326 e. The monoisotopic (exact) mass is 374 g/mol. The molecule has 1 saturated carbocycles. The fourth-order valence-electron chi connectivity index (χ4n) is 4.53. The van der Waals surface area contributed by atoms with Gasteiger partial charge in [-0.25, -0.2) is 4.79 Å². The molecule has 2 aliphatic heterocycles. The van der Waals surface area contributed by atoms with Crippen LogP contribution in [0.25, 0.3) is 0 Å². The first-order chi connectivity index (χ1) is 12.5. The standard InChI is InChI=1S/C19H22N2O4S/c22-17(10-16-18(23)20-12-6-2-4-8-15(12)26-16)21-13-7-3-1-5-11(13)9-14(21)19(24)25/h2,4,6,8,11,13-14,16H,1,3,5,7,9-10H2,(H,20,23)(H,24,25). The number of carboxylic acids is 1.